The molecular formula is C18H16N4O2S. The zero-order chi connectivity index (χ0) is 17.2. The topological polar surface area (TPSA) is 80.9 Å². The molecule has 0 amide bonds. The Bertz CT molecular complexity index is 907. The molecule has 0 radical (unpaired) electrons. The van der Waals surface area contributed by atoms with Gasteiger partial charge in [0.1, 0.15) is 5.75 Å². The van der Waals surface area contributed by atoms with Crippen LogP contribution in [-0.4, -0.2) is 36.3 Å². The molecule has 3 aromatic rings. The van der Waals surface area contributed by atoms with E-state index < -0.39 is 0 Å². The Morgan fingerprint density at radius 2 is 1.92 bits per heavy atom. The van der Waals surface area contributed by atoms with Crippen LogP contribution in [0, 0.1) is 0 Å². The van der Waals surface area contributed by atoms with E-state index in [0.29, 0.717) is 5.16 Å². The van der Waals surface area contributed by atoms with E-state index in [2.05, 4.69) is 15.5 Å². The zero-order valence-electron chi connectivity index (χ0n) is 13.4. The van der Waals surface area contributed by atoms with Gasteiger partial charge in [-0.2, -0.15) is 4.68 Å². The largest absolute Gasteiger partial charge is 0.508 e. The smallest absolute Gasteiger partial charge is 0.214 e. The molecule has 6 nitrogen and oxygen atoms in total. The Kier molecular flexibility index (Phi) is 4.23. The number of tetrazole rings is 1. The number of carbonyl (C=O) groups is 1. The minimum absolute atomic E-state index is 0.137. The van der Waals surface area contributed by atoms with E-state index in [4.69, 9.17) is 0 Å². The Morgan fingerprint density at radius 3 is 2.76 bits per heavy atom. The molecule has 1 N–H and O–H groups in total. The molecule has 2 aromatic carbocycles. The molecule has 4 rings (SSSR count). The van der Waals surface area contributed by atoms with E-state index in [1.807, 2.05) is 24.3 Å². The maximum atomic E-state index is 12.9. The van der Waals surface area contributed by atoms with Crippen LogP contribution in [0.5, 0.6) is 5.75 Å². The van der Waals surface area contributed by atoms with Gasteiger partial charge in [-0.25, -0.2) is 0 Å². The van der Waals surface area contributed by atoms with Gasteiger partial charge in [0.15, 0.2) is 5.78 Å². The predicted molar refractivity (Wildman–Crippen MR) is 94.2 cm³/mol. The molecule has 0 saturated carbocycles. The van der Waals surface area contributed by atoms with Gasteiger partial charge in [-0.3, -0.25) is 4.79 Å². The second-order valence-electron chi connectivity index (χ2n) is 5.91. The van der Waals surface area contributed by atoms with Crippen molar-refractivity contribution < 1.29 is 9.90 Å². The summed E-state index contributed by atoms with van der Waals surface area (Å²) in [4.78, 5) is 12.9. The quantitative estimate of drug-likeness (QED) is 0.730. The van der Waals surface area contributed by atoms with Crippen molar-refractivity contribution in [3.63, 3.8) is 0 Å². The lowest BCUT2D eigenvalue weighted by Gasteiger charge is -2.13. The summed E-state index contributed by atoms with van der Waals surface area (Å²) in [5, 5.41) is 21.6. The Balaban J connectivity index is 1.62. The normalized spacial score (nSPS) is 17.1. The minimum Gasteiger partial charge on any atom is -0.508 e. The van der Waals surface area contributed by atoms with Crippen molar-refractivity contribution in [1.29, 1.82) is 0 Å². The van der Waals surface area contributed by atoms with Gasteiger partial charge in [0.2, 0.25) is 5.16 Å². The van der Waals surface area contributed by atoms with Crippen molar-refractivity contribution in [1.82, 2.24) is 20.2 Å². The van der Waals surface area contributed by atoms with Crippen LogP contribution >= 0.6 is 11.8 Å². The SMILES string of the molecule is O=C1c2ccccc2CCCC1Sc1nnnn1-c1ccc(O)cc1. The fourth-order valence-electron chi connectivity index (χ4n) is 3.01. The van der Waals surface area contributed by atoms with Crippen molar-refractivity contribution in [2.75, 3.05) is 0 Å². The van der Waals surface area contributed by atoms with Crippen LogP contribution in [0.25, 0.3) is 5.69 Å². The number of thioether (sulfide) groups is 1. The van der Waals surface area contributed by atoms with Crippen LogP contribution in [0.2, 0.25) is 0 Å². The van der Waals surface area contributed by atoms with Gasteiger partial charge in [-0.15, -0.1) is 5.10 Å². The van der Waals surface area contributed by atoms with Crippen molar-refractivity contribution in [2.24, 2.45) is 0 Å². The molecule has 1 aliphatic rings. The van der Waals surface area contributed by atoms with Gasteiger partial charge in [0, 0.05) is 5.56 Å². The first kappa shape index (κ1) is 15.8. The molecule has 1 atom stereocenters. The second kappa shape index (κ2) is 6.68. The number of hydrogen-bond donors (Lipinski definition) is 1. The summed E-state index contributed by atoms with van der Waals surface area (Å²) in [6, 6.07) is 14.5. The van der Waals surface area contributed by atoms with Crippen LogP contribution in [0.15, 0.2) is 53.7 Å². The molecule has 1 heterocycles. The molecule has 1 unspecified atom stereocenters. The summed E-state index contributed by atoms with van der Waals surface area (Å²) < 4.78 is 1.59. The van der Waals surface area contributed by atoms with Crippen LogP contribution < -0.4 is 0 Å². The average molecular weight is 352 g/mol. The number of aromatic hydroxyl groups is 1. The van der Waals surface area contributed by atoms with Crippen molar-refractivity contribution >= 4 is 17.5 Å². The number of phenols is 1. The lowest BCUT2D eigenvalue weighted by molar-refractivity contribution is 0.0988. The lowest BCUT2D eigenvalue weighted by Crippen LogP contribution is -2.17. The van der Waals surface area contributed by atoms with E-state index in [1.54, 1.807) is 28.9 Å². The fraction of sp³-hybridized carbons (Fsp3) is 0.222. The summed E-state index contributed by atoms with van der Waals surface area (Å²) in [6.07, 6.45) is 2.67. The van der Waals surface area contributed by atoms with Gasteiger partial charge in [-0.05, 0) is 59.5 Å². The second-order valence-corrected chi connectivity index (χ2v) is 7.08. The molecule has 126 valence electrons. The number of carbonyl (C=O) groups excluding carboxylic acids is 1. The van der Waals surface area contributed by atoms with Crippen molar-refractivity contribution in [2.45, 2.75) is 29.7 Å². The average Bonchev–Trinajstić information content (AvgIpc) is 3.03. The number of ketones is 1. The lowest BCUT2D eigenvalue weighted by atomic mass is 10.0. The zero-order valence-corrected chi connectivity index (χ0v) is 14.2. The number of aryl methyl sites for hydroxylation is 1. The summed E-state index contributed by atoms with van der Waals surface area (Å²) in [7, 11) is 0. The first-order valence-corrected chi connectivity index (χ1v) is 8.97. The van der Waals surface area contributed by atoms with Crippen LogP contribution in [0.1, 0.15) is 28.8 Å². The first-order valence-electron chi connectivity index (χ1n) is 8.09. The fourth-order valence-corrected chi connectivity index (χ4v) is 4.11. The maximum absolute atomic E-state index is 12.9. The number of benzene rings is 2. The molecule has 0 fully saturated rings. The molecule has 0 saturated heterocycles. The monoisotopic (exact) mass is 352 g/mol. The molecule has 0 aliphatic heterocycles. The third kappa shape index (κ3) is 3.15. The highest BCUT2D eigenvalue weighted by atomic mass is 32.2. The van der Waals surface area contributed by atoms with Crippen molar-refractivity contribution in [3.05, 3.63) is 59.7 Å². The van der Waals surface area contributed by atoms with Crippen LogP contribution in [-0.2, 0) is 6.42 Å². The van der Waals surface area contributed by atoms with Gasteiger partial charge < -0.3 is 5.11 Å². The van der Waals surface area contributed by atoms with Gasteiger partial charge in [0.05, 0.1) is 10.9 Å². The highest BCUT2D eigenvalue weighted by Gasteiger charge is 2.28. The van der Waals surface area contributed by atoms with E-state index >= 15 is 0 Å². The molecular weight excluding hydrogens is 336 g/mol. The van der Waals surface area contributed by atoms with Gasteiger partial charge >= 0.3 is 0 Å². The number of Topliss-reactive ketones (excluding diaryl/α,β-unsaturated/α-hetero) is 1. The summed E-state index contributed by atoms with van der Waals surface area (Å²) in [6.45, 7) is 0. The molecule has 0 spiro atoms. The van der Waals surface area contributed by atoms with Crippen LogP contribution in [0.3, 0.4) is 0 Å². The number of rotatable bonds is 3. The van der Waals surface area contributed by atoms with Gasteiger partial charge in [-0.1, -0.05) is 36.0 Å². The number of nitrogens with zero attached hydrogens (tertiary/aromatic N) is 4. The van der Waals surface area contributed by atoms with E-state index in [0.717, 1.165) is 36.1 Å². The highest BCUT2D eigenvalue weighted by Crippen LogP contribution is 2.32. The molecule has 1 aliphatic carbocycles. The van der Waals surface area contributed by atoms with Gasteiger partial charge in [0.25, 0.3) is 0 Å². The predicted octanol–water partition coefficient (Wildman–Crippen LogP) is 3.05. The van der Waals surface area contributed by atoms with E-state index in [-0.39, 0.29) is 16.8 Å². The molecule has 1 aromatic heterocycles. The van der Waals surface area contributed by atoms with E-state index in [1.165, 1.54) is 11.8 Å². The standard InChI is InChI=1S/C18H16N4O2S/c23-14-10-8-13(9-11-14)22-18(19-20-21-22)25-16-7-3-5-12-4-1-2-6-15(12)17(16)24/h1-2,4,6,8-11,16,23H,3,5,7H2. The third-order valence-corrected chi connectivity index (χ3v) is 5.47. The van der Waals surface area contributed by atoms with E-state index in [9.17, 15) is 9.90 Å². The third-order valence-electron chi connectivity index (χ3n) is 4.27. The highest BCUT2D eigenvalue weighted by molar-refractivity contribution is 8.00. The Hall–Kier alpha value is -2.67. The Labute approximate surface area is 148 Å². The summed E-state index contributed by atoms with van der Waals surface area (Å²) >= 11 is 1.40. The molecule has 0 bridgehead atoms. The number of phenolic OH excluding ortho intramolecular Hbond substituents is 1. The van der Waals surface area contributed by atoms with Crippen LogP contribution in [0.4, 0.5) is 0 Å². The molecule has 25 heavy (non-hydrogen) atoms. The number of aromatic nitrogens is 4. The maximum Gasteiger partial charge on any atom is 0.214 e. The first-order chi connectivity index (χ1) is 12.2. The molecule has 7 heteroatoms. The Morgan fingerprint density at radius 1 is 1.12 bits per heavy atom. The number of hydrogen-bond acceptors (Lipinski definition) is 6. The minimum atomic E-state index is -0.203. The number of fused-ring (bicyclic) bond motifs is 1. The van der Waals surface area contributed by atoms with Crippen molar-refractivity contribution in [3.8, 4) is 11.4 Å². The summed E-state index contributed by atoms with van der Waals surface area (Å²) in [5.41, 5.74) is 2.67. The summed E-state index contributed by atoms with van der Waals surface area (Å²) in [5.74, 6) is 0.319.